The van der Waals surface area contributed by atoms with Crippen molar-refractivity contribution >= 4 is 33.0 Å². The number of hydrogen-bond acceptors (Lipinski definition) is 5. The van der Waals surface area contributed by atoms with Gasteiger partial charge in [0.2, 0.25) is 5.91 Å². The second-order valence-electron chi connectivity index (χ2n) is 8.73. The first-order chi connectivity index (χ1) is 15.1. The van der Waals surface area contributed by atoms with Crippen molar-refractivity contribution in [1.82, 2.24) is 4.90 Å². The summed E-state index contributed by atoms with van der Waals surface area (Å²) in [7, 11) is -3.65. The van der Waals surface area contributed by atoms with E-state index in [9.17, 15) is 18.0 Å². The van der Waals surface area contributed by atoms with Crippen molar-refractivity contribution in [2.45, 2.75) is 31.6 Å². The van der Waals surface area contributed by atoms with Gasteiger partial charge < -0.3 is 14.7 Å². The maximum Gasteiger partial charge on any atom is 0.255 e. The number of rotatable bonds is 4. The van der Waals surface area contributed by atoms with Crippen molar-refractivity contribution in [2.75, 3.05) is 48.8 Å². The lowest BCUT2D eigenvalue weighted by molar-refractivity contribution is -0.117. The largest absolute Gasteiger partial charge is 0.368 e. The van der Waals surface area contributed by atoms with Gasteiger partial charge in [0.15, 0.2) is 9.84 Å². The number of benzene rings is 2. The minimum atomic E-state index is -3.65. The molecule has 2 aromatic rings. The van der Waals surface area contributed by atoms with E-state index in [0.29, 0.717) is 44.8 Å². The lowest BCUT2D eigenvalue weighted by atomic mass is 10.1. The number of carbonyl (C=O) groups is 2. The summed E-state index contributed by atoms with van der Waals surface area (Å²) in [6.45, 7) is 7.11. The van der Waals surface area contributed by atoms with Gasteiger partial charge in [-0.2, -0.15) is 0 Å². The zero-order chi connectivity index (χ0) is 23.0. The van der Waals surface area contributed by atoms with E-state index in [1.165, 1.54) is 17.2 Å². The summed E-state index contributed by atoms with van der Waals surface area (Å²) >= 11 is 0. The zero-order valence-electron chi connectivity index (χ0n) is 18.8. The Morgan fingerprint density at radius 2 is 1.53 bits per heavy atom. The van der Waals surface area contributed by atoms with Crippen LogP contribution in [0.4, 0.5) is 11.4 Å². The molecule has 2 heterocycles. The minimum Gasteiger partial charge on any atom is -0.368 e. The Morgan fingerprint density at radius 1 is 0.875 bits per heavy atom. The number of sulfone groups is 1. The Morgan fingerprint density at radius 3 is 2.09 bits per heavy atom. The second kappa shape index (κ2) is 8.58. The molecule has 170 valence electrons. The van der Waals surface area contributed by atoms with Crippen molar-refractivity contribution < 1.29 is 18.0 Å². The van der Waals surface area contributed by atoms with Gasteiger partial charge in [0.1, 0.15) is 0 Å². The lowest BCUT2D eigenvalue weighted by Gasteiger charge is -2.36. The fraction of sp³-hybridized carbons (Fsp3) is 0.417. The number of aryl methyl sites for hydroxylation is 2. The quantitative estimate of drug-likeness (QED) is 0.709. The summed E-state index contributed by atoms with van der Waals surface area (Å²) in [4.78, 5) is 30.9. The van der Waals surface area contributed by atoms with E-state index in [1.807, 2.05) is 0 Å². The molecule has 0 unspecified atom stereocenters. The Bertz CT molecular complexity index is 1150. The number of hydrogen-bond donors (Lipinski definition) is 0. The van der Waals surface area contributed by atoms with Crippen LogP contribution in [-0.4, -0.2) is 64.1 Å². The van der Waals surface area contributed by atoms with Gasteiger partial charge in [0, 0.05) is 56.8 Å². The van der Waals surface area contributed by atoms with E-state index in [1.54, 1.807) is 21.9 Å². The molecule has 0 aromatic heterocycles. The molecule has 32 heavy (non-hydrogen) atoms. The summed E-state index contributed by atoms with van der Waals surface area (Å²) in [5.41, 5.74) is 4.25. The minimum absolute atomic E-state index is 0.0172. The van der Waals surface area contributed by atoms with Crippen LogP contribution in [0.15, 0.2) is 41.3 Å². The molecule has 0 saturated carbocycles. The van der Waals surface area contributed by atoms with E-state index in [4.69, 9.17) is 0 Å². The summed E-state index contributed by atoms with van der Waals surface area (Å²) in [6, 6.07) is 11.1. The highest BCUT2D eigenvalue weighted by Crippen LogP contribution is 2.28. The van der Waals surface area contributed by atoms with Crippen molar-refractivity contribution in [3.63, 3.8) is 0 Å². The SMILES string of the molecule is Cc1cc(C)cc(N2CCN(C(=O)c3ccc(N4CCCC4=O)cc3S(C)(=O)=O)CC2)c1. The van der Waals surface area contributed by atoms with Crippen LogP contribution < -0.4 is 9.80 Å². The highest BCUT2D eigenvalue weighted by molar-refractivity contribution is 7.90. The van der Waals surface area contributed by atoms with Crippen LogP contribution in [-0.2, 0) is 14.6 Å². The predicted octanol–water partition coefficient (Wildman–Crippen LogP) is 2.80. The first-order valence-corrected chi connectivity index (χ1v) is 12.8. The topological polar surface area (TPSA) is 78.0 Å². The van der Waals surface area contributed by atoms with Gasteiger partial charge in [0.05, 0.1) is 10.5 Å². The van der Waals surface area contributed by atoms with Gasteiger partial charge in [-0.25, -0.2) is 8.42 Å². The number of piperazine rings is 1. The maximum absolute atomic E-state index is 13.3. The molecule has 0 N–H and O–H groups in total. The second-order valence-corrected chi connectivity index (χ2v) is 10.7. The van der Waals surface area contributed by atoms with Crippen molar-refractivity contribution in [2.24, 2.45) is 0 Å². The molecule has 0 atom stereocenters. The highest BCUT2D eigenvalue weighted by atomic mass is 32.2. The third-order valence-corrected chi connectivity index (χ3v) is 7.26. The Kier molecular flexibility index (Phi) is 5.99. The zero-order valence-corrected chi connectivity index (χ0v) is 19.6. The van der Waals surface area contributed by atoms with E-state index in [0.717, 1.165) is 18.4 Å². The van der Waals surface area contributed by atoms with Crippen LogP contribution in [0.1, 0.15) is 34.3 Å². The fourth-order valence-corrected chi connectivity index (χ4v) is 5.44. The third-order valence-electron chi connectivity index (χ3n) is 6.12. The van der Waals surface area contributed by atoms with Gasteiger partial charge >= 0.3 is 0 Å². The summed E-state index contributed by atoms with van der Waals surface area (Å²) in [5, 5.41) is 0. The monoisotopic (exact) mass is 455 g/mol. The highest BCUT2D eigenvalue weighted by Gasteiger charge is 2.29. The molecule has 0 radical (unpaired) electrons. The summed E-state index contributed by atoms with van der Waals surface area (Å²) in [6.07, 6.45) is 2.31. The van der Waals surface area contributed by atoms with E-state index in [-0.39, 0.29) is 22.3 Å². The molecule has 0 aliphatic carbocycles. The van der Waals surface area contributed by atoms with E-state index >= 15 is 0 Å². The van der Waals surface area contributed by atoms with Crippen molar-refractivity contribution in [1.29, 1.82) is 0 Å². The molecular weight excluding hydrogens is 426 g/mol. The maximum atomic E-state index is 13.3. The molecule has 4 rings (SSSR count). The lowest BCUT2D eigenvalue weighted by Crippen LogP contribution is -2.49. The van der Waals surface area contributed by atoms with Gasteiger partial charge in [-0.05, 0) is 61.7 Å². The molecule has 0 spiro atoms. The van der Waals surface area contributed by atoms with Crippen LogP contribution in [0, 0.1) is 13.8 Å². The number of amides is 2. The molecule has 2 saturated heterocycles. The van der Waals surface area contributed by atoms with Gasteiger partial charge in [0.25, 0.3) is 5.91 Å². The molecule has 8 heteroatoms. The van der Waals surface area contributed by atoms with E-state index < -0.39 is 9.84 Å². The molecule has 2 amide bonds. The Hall–Kier alpha value is -2.87. The van der Waals surface area contributed by atoms with Gasteiger partial charge in [-0.3, -0.25) is 9.59 Å². The number of nitrogens with zero attached hydrogens (tertiary/aromatic N) is 3. The standard InChI is InChI=1S/C24H29N3O4S/c1-17-13-18(2)15-20(14-17)25-9-11-26(12-10-25)24(29)21-7-6-19(16-22(21)32(3,30)31)27-8-4-5-23(27)28/h6-7,13-16H,4-5,8-12H2,1-3H3. The predicted molar refractivity (Wildman–Crippen MR) is 125 cm³/mol. The molecule has 0 bridgehead atoms. The van der Waals surface area contributed by atoms with Crippen molar-refractivity contribution in [3.05, 3.63) is 53.1 Å². The smallest absolute Gasteiger partial charge is 0.255 e. The molecule has 2 aliphatic heterocycles. The third kappa shape index (κ3) is 4.50. The van der Waals surface area contributed by atoms with Crippen LogP contribution in [0.2, 0.25) is 0 Å². The van der Waals surface area contributed by atoms with Crippen LogP contribution >= 0.6 is 0 Å². The molecular formula is C24H29N3O4S. The average molecular weight is 456 g/mol. The molecule has 2 aromatic carbocycles. The first kappa shape index (κ1) is 22.3. The fourth-order valence-electron chi connectivity index (χ4n) is 4.55. The number of anilines is 2. The summed E-state index contributed by atoms with van der Waals surface area (Å²) in [5.74, 6) is -0.309. The Labute approximate surface area is 189 Å². The van der Waals surface area contributed by atoms with E-state index in [2.05, 4.69) is 36.9 Å². The summed E-state index contributed by atoms with van der Waals surface area (Å²) < 4.78 is 25.0. The first-order valence-electron chi connectivity index (χ1n) is 10.9. The van der Waals surface area contributed by atoms with Gasteiger partial charge in [-0.1, -0.05) is 6.07 Å². The van der Waals surface area contributed by atoms with Crippen LogP contribution in [0.25, 0.3) is 0 Å². The van der Waals surface area contributed by atoms with Crippen LogP contribution in [0.5, 0.6) is 0 Å². The van der Waals surface area contributed by atoms with Crippen molar-refractivity contribution in [3.8, 4) is 0 Å². The number of carbonyl (C=O) groups excluding carboxylic acids is 2. The van der Waals surface area contributed by atoms with Gasteiger partial charge in [-0.15, -0.1) is 0 Å². The Balaban J connectivity index is 1.55. The van der Waals surface area contributed by atoms with Crippen LogP contribution in [0.3, 0.4) is 0 Å². The molecule has 2 fully saturated rings. The average Bonchev–Trinajstić information content (AvgIpc) is 3.17. The molecule has 7 nitrogen and oxygen atoms in total. The molecule has 2 aliphatic rings. The normalized spacial score (nSPS) is 17.2.